The molecule has 0 aromatic carbocycles. The molecule has 2 fully saturated rings. The highest BCUT2D eigenvalue weighted by Crippen LogP contribution is 2.17. The molecule has 0 amide bonds. The summed E-state index contributed by atoms with van der Waals surface area (Å²) >= 11 is 0. The maximum absolute atomic E-state index is 11.5. The molecule has 0 aromatic rings. The Kier molecular flexibility index (Phi) is 4.82. The summed E-state index contributed by atoms with van der Waals surface area (Å²) < 4.78 is 22.9. The molecular weight excluding hydrogens is 236 g/mol. The normalized spacial score (nSPS) is 30.2. The number of rotatable bonds is 4. The second kappa shape index (κ2) is 6.16. The Labute approximate surface area is 104 Å². The third-order valence-corrected chi connectivity index (χ3v) is 5.57. The van der Waals surface area contributed by atoms with Crippen molar-refractivity contribution in [3.63, 3.8) is 0 Å². The van der Waals surface area contributed by atoms with Crippen molar-refractivity contribution in [1.29, 1.82) is 0 Å². The fraction of sp³-hybridized carbons (Fsp3) is 1.00. The van der Waals surface area contributed by atoms with Crippen molar-refractivity contribution in [2.75, 3.05) is 24.6 Å². The average molecular weight is 260 g/mol. The molecule has 1 aliphatic carbocycles. The molecule has 2 aliphatic rings. The van der Waals surface area contributed by atoms with E-state index < -0.39 is 9.84 Å². The minimum atomic E-state index is -2.78. The lowest BCUT2D eigenvalue weighted by Gasteiger charge is -2.26. The van der Waals surface area contributed by atoms with E-state index in [0.717, 1.165) is 13.0 Å². The van der Waals surface area contributed by atoms with Gasteiger partial charge in [0.2, 0.25) is 0 Å². The van der Waals surface area contributed by atoms with Crippen LogP contribution in [0.15, 0.2) is 0 Å². The van der Waals surface area contributed by atoms with Crippen LogP contribution in [0.25, 0.3) is 0 Å². The molecule has 1 aliphatic heterocycles. The summed E-state index contributed by atoms with van der Waals surface area (Å²) in [6, 6.07) is 0.828. The van der Waals surface area contributed by atoms with Gasteiger partial charge in [0.15, 0.2) is 9.84 Å². The molecule has 0 bridgehead atoms. The molecule has 2 N–H and O–H groups in total. The van der Waals surface area contributed by atoms with Crippen LogP contribution in [0.4, 0.5) is 0 Å². The zero-order valence-electron chi connectivity index (χ0n) is 10.5. The zero-order valence-corrected chi connectivity index (χ0v) is 11.3. The SMILES string of the molecule is O=S1(=O)CCNC(CCNC2CCCCC2)C1. The summed E-state index contributed by atoms with van der Waals surface area (Å²) in [5, 5.41) is 6.85. The van der Waals surface area contributed by atoms with Crippen LogP contribution in [-0.2, 0) is 9.84 Å². The highest BCUT2D eigenvalue weighted by molar-refractivity contribution is 7.91. The largest absolute Gasteiger partial charge is 0.314 e. The molecule has 1 saturated carbocycles. The fourth-order valence-electron chi connectivity index (χ4n) is 2.82. The van der Waals surface area contributed by atoms with Crippen molar-refractivity contribution in [3.05, 3.63) is 0 Å². The molecule has 1 saturated heterocycles. The topological polar surface area (TPSA) is 58.2 Å². The lowest BCUT2D eigenvalue weighted by Crippen LogP contribution is -2.46. The van der Waals surface area contributed by atoms with Crippen molar-refractivity contribution in [2.24, 2.45) is 0 Å². The van der Waals surface area contributed by atoms with Crippen LogP contribution in [-0.4, -0.2) is 45.1 Å². The molecule has 0 spiro atoms. The van der Waals surface area contributed by atoms with Crippen molar-refractivity contribution < 1.29 is 8.42 Å². The Bertz CT molecular complexity index is 323. The molecule has 0 radical (unpaired) electrons. The van der Waals surface area contributed by atoms with Gasteiger partial charge in [-0.2, -0.15) is 0 Å². The minimum Gasteiger partial charge on any atom is -0.314 e. The Hall–Kier alpha value is -0.130. The molecule has 1 unspecified atom stereocenters. The summed E-state index contributed by atoms with van der Waals surface area (Å²) in [7, 11) is -2.78. The maximum Gasteiger partial charge on any atom is 0.153 e. The second-order valence-corrected chi connectivity index (χ2v) is 7.57. The van der Waals surface area contributed by atoms with Gasteiger partial charge in [0.05, 0.1) is 11.5 Å². The fourth-order valence-corrected chi connectivity index (χ4v) is 4.31. The summed E-state index contributed by atoms with van der Waals surface area (Å²) in [5.74, 6) is 0.624. The van der Waals surface area contributed by atoms with Gasteiger partial charge in [-0.25, -0.2) is 8.42 Å². The van der Waals surface area contributed by atoms with Crippen LogP contribution in [0.2, 0.25) is 0 Å². The van der Waals surface area contributed by atoms with Gasteiger partial charge in [-0.1, -0.05) is 19.3 Å². The lowest BCUT2D eigenvalue weighted by atomic mass is 9.95. The molecule has 1 heterocycles. The van der Waals surface area contributed by atoms with E-state index in [-0.39, 0.29) is 6.04 Å². The van der Waals surface area contributed by atoms with Gasteiger partial charge in [0.25, 0.3) is 0 Å². The first-order valence-corrected chi connectivity index (χ1v) is 8.65. The summed E-state index contributed by atoms with van der Waals surface area (Å²) in [4.78, 5) is 0. The first-order valence-electron chi connectivity index (χ1n) is 6.83. The van der Waals surface area contributed by atoms with E-state index in [9.17, 15) is 8.42 Å². The lowest BCUT2D eigenvalue weighted by molar-refractivity contribution is 0.362. The first kappa shape index (κ1) is 13.3. The Balaban J connectivity index is 1.64. The zero-order chi connectivity index (χ0) is 12.1. The number of hydrogen-bond acceptors (Lipinski definition) is 4. The number of sulfone groups is 1. The Morgan fingerprint density at radius 2 is 1.94 bits per heavy atom. The van der Waals surface area contributed by atoms with E-state index in [1.807, 2.05) is 0 Å². The van der Waals surface area contributed by atoms with E-state index in [1.54, 1.807) is 0 Å². The van der Waals surface area contributed by atoms with E-state index in [1.165, 1.54) is 32.1 Å². The first-order chi connectivity index (χ1) is 8.16. The minimum absolute atomic E-state index is 0.157. The third-order valence-electron chi connectivity index (χ3n) is 3.83. The summed E-state index contributed by atoms with van der Waals surface area (Å²) in [6.45, 7) is 1.56. The Morgan fingerprint density at radius 3 is 2.65 bits per heavy atom. The van der Waals surface area contributed by atoms with Crippen LogP contribution in [0.5, 0.6) is 0 Å². The molecule has 2 rings (SSSR count). The monoisotopic (exact) mass is 260 g/mol. The van der Waals surface area contributed by atoms with Gasteiger partial charge in [-0.15, -0.1) is 0 Å². The molecule has 5 heteroatoms. The third kappa shape index (κ3) is 4.56. The maximum atomic E-state index is 11.5. The van der Waals surface area contributed by atoms with Crippen molar-refractivity contribution >= 4 is 9.84 Å². The van der Waals surface area contributed by atoms with Crippen LogP contribution in [0.1, 0.15) is 38.5 Å². The van der Waals surface area contributed by atoms with Gasteiger partial charge in [-0.05, 0) is 25.8 Å². The predicted octanol–water partition coefficient (Wildman–Crippen LogP) is 0.685. The molecular formula is C12H24N2O2S. The van der Waals surface area contributed by atoms with Crippen LogP contribution < -0.4 is 10.6 Å². The Morgan fingerprint density at radius 1 is 1.18 bits per heavy atom. The standard InChI is InChI=1S/C12H24N2O2S/c15-17(16)9-8-14-12(10-17)6-7-13-11-4-2-1-3-5-11/h11-14H,1-10H2. The van der Waals surface area contributed by atoms with Gasteiger partial charge >= 0.3 is 0 Å². The van der Waals surface area contributed by atoms with Gasteiger partial charge < -0.3 is 10.6 Å². The highest BCUT2D eigenvalue weighted by Gasteiger charge is 2.24. The van der Waals surface area contributed by atoms with Gasteiger partial charge in [0, 0.05) is 18.6 Å². The van der Waals surface area contributed by atoms with Crippen molar-refractivity contribution in [2.45, 2.75) is 50.6 Å². The van der Waals surface area contributed by atoms with Gasteiger partial charge in [-0.3, -0.25) is 0 Å². The quantitative estimate of drug-likeness (QED) is 0.781. The highest BCUT2D eigenvalue weighted by atomic mass is 32.2. The van der Waals surface area contributed by atoms with Crippen LogP contribution >= 0.6 is 0 Å². The van der Waals surface area contributed by atoms with Crippen molar-refractivity contribution in [1.82, 2.24) is 10.6 Å². The summed E-state index contributed by atoms with van der Waals surface area (Å²) in [5.41, 5.74) is 0. The number of nitrogens with one attached hydrogen (secondary N) is 2. The second-order valence-electron chi connectivity index (χ2n) is 5.34. The van der Waals surface area contributed by atoms with E-state index in [2.05, 4.69) is 10.6 Å². The number of hydrogen-bond donors (Lipinski definition) is 2. The molecule has 17 heavy (non-hydrogen) atoms. The van der Waals surface area contributed by atoms with E-state index >= 15 is 0 Å². The molecule has 1 atom stereocenters. The predicted molar refractivity (Wildman–Crippen MR) is 69.9 cm³/mol. The molecule has 0 aromatic heterocycles. The molecule has 4 nitrogen and oxygen atoms in total. The van der Waals surface area contributed by atoms with Crippen LogP contribution in [0, 0.1) is 0 Å². The molecule has 100 valence electrons. The van der Waals surface area contributed by atoms with E-state index in [0.29, 0.717) is 24.1 Å². The van der Waals surface area contributed by atoms with Gasteiger partial charge in [0.1, 0.15) is 0 Å². The summed E-state index contributed by atoms with van der Waals surface area (Å²) in [6.07, 6.45) is 7.56. The van der Waals surface area contributed by atoms with Crippen LogP contribution in [0.3, 0.4) is 0 Å². The van der Waals surface area contributed by atoms with Crippen molar-refractivity contribution in [3.8, 4) is 0 Å². The smallest absolute Gasteiger partial charge is 0.153 e. The van der Waals surface area contributed by atoms with E-state index in [4.69, 9.17) is 0 Å². The average Bonchev–Trinajstić information content (AvgIpc) is 2.29.